The van der Waals surface area contributed by atoms with Crippen molar-refractivity contribution in [3.63, 3.8) is 0 Å². The van der Waals surface area contributed by atoms with E-state index >= 15 is 0 Å². The molecule has 9 heavy (non-hydrogen) atoms. The molecule has 1 saturated heterocycles. The fourth-order valence-electron chi connectivity index (χ4n) is 1.23. The zero-order valence-electron chi connectivity index (χ0n) is 5.97. The number of likely N-dealkylation sites (tertiary alicyclic amines) is 1. The Morgan fingerprint density at radius 1 is 1.22 bits per heavy atom. The van der Waals surface area contributed by atoms with Crippen LogP contribution in [0.5, 0.6) is 0 Å². The molecule has 1 heterocycles. The van der Waals surface area contributed by atoms with Crippen molar-refractivity contribution in [2.75, 3.05) is 19.6 Å². The molecular formula is C7H14NY+2. The maximum atomic E-state index is 3.81. The van der Waals surface area contributed by atoms with Gasteiger partial charge in [-0.2, -0.15) is 6.42 Å². The summed E-state index contributed by atoms with van der Waals surface area (Å²) in [5.41, 5.74) is 0. The molecule has 0 unspecified atom stereocenters. The van der Waals surface area contributed by atoms with Gasteiger partial charge in [0.05, 0.1) is 0 Å². The Hall–Kier alpha value is 1.06. The van der Waals surface area contributed by atoms with Crippen LogP contribution < -0.4 is 0 Å². The SMILES string of the molecule is [CH2-]CCN1CCCC1.[Y+3]. The van der Waals surface area contributed by atoms with Crippen molar-refractivity contribution in [3.8, 4) is 0 Å². The molecule has 0 N–H and O–H groups in total. The summed E-state index contributed by atoms with van der Waals surface area (Å²) in [6.45, 7) is 7.65. The summed E-state index contributed by atoms with van der Waals surface area (Å²) in [4.78, 5) is 2.48. The van der Waals surface area contributed by atoms with E-state index in [0.717, 1.165) is 6.42 Å². The summed E-state index contributed by atoms with van der Waals surface area (Å²) in [5.74, 6) is 0. The van der Waals surface area contributed by atoms with Crippen LogP contribution in [0.25, 0.3) is 0 Å². The van der Waals surface area contributed by atoms with Gasteiger partial charge in [-0.3, -0.25) is 0 Å². The van der Waals surface area contributed by atoms with Gasteiger partial charge >= 0.3 is 32.7 Å². The normalized spacial score (nSPS) is 19.7. The van der Waals surface area contributed by atoms with Crippen molar-refractivity contribution in [1.29, 1.82) is 0 Å². The van der Waals surface area contributed by atoms with Gasteiger partial charge in [0, 0.05) is 0 Å². The number of hydrogen-bond acceptors (Lipinski definition) is 1. The van der Waals surface area contributed by atoms with Crippen LogP contribution in [0.2, 0.25) is 0 Å². The topological polar surface area (TPSA) is 3.24 Å². The molecule has 0 aliphatic carbocycles. The van der Waals surface area contributed by atoms with E-state index in [1.807, 2.05) is 0 Å². The second kappa shape index (κ2) is 5.82. The molecular weight excluding hydrogens is 187 g/mol. The van der Waals surface area contributed by atoms with E-state index in [2.05, 4.69) is 11.8 Å². The first-order valence-electron chi connectivity index (χ1n) is 3.45. The molecule has 0 spiro atoms. The van der Waals surface area contributed by atoms with Gasteiger partial charge in [-0.15, -0.1) is 0 Å². The second-order valence-electron chi connectivity index (χ2n) is 2.40. The van der Waals surface area contributed by atoms with Gasteiger partial charge in [-0.25, -0.2) is 0 Å². The quantitative estimate of drug-likeness (QED) is 0.609. The summed E-state index contributed by atoms with van der Waals surface area (Å²) in [5, 5.41) is 0. The minimum Gasteiger partial charge on any atom is -0.342 e. The summed E-state index contributed by atoms with van der Waals surface area (Å²) in [6.07, 6.45) is 3.88. The standard InChI is InChI=1S/C7H14N.Y/c1-2-5-8-6-3-4-7-8;/h1-7H2;/q-1;+3. The predicted molar refractivity (Wildman–Crippen MR) is 35.6 cm³/mol. The van der Waals surface area contributed by atoms with Crippen molar-refractivity contribution in [1.82, 2.24) is 4.90 Å². The molecule has 0 aromatic heterocycles. The first kappa shape index (κ1) is 10.1. The molecule has 1 nitrogen and oxygen atoms in total. The van der Waals surface area contributed by atoms with Gasteiger partial charge < -0.3 is 11.8 Å². The minimum absolute atomic E-state index is 0. The summed E-state index contributed by atoms with van der Waals surface area (Å²) < 4.78 is 0. The van der Waals surface area contributed by atoms with Crippen LogP contribution in [0, 0.1) is 6.92 Å². The predicted octanol–water partition coefficient (Wildman–Crippen LogP) is 1.30. The van der Waals surface area contributed by atoms with Crippen LogP contribution in [0.15, 0.2) is 0 Å². The van der Waals surface area contributed by atoms with Gasteiger partial charge in [0.1, 0.15) is 0 Å². The zero-order valence-corrected chi connectivity index (χ0v) is 8.81. The largest absolute Gasteiger partial charge is 3.00 e. The number of nitrogens with zero attached hydrogens (tertiary/aromatic N) is 1. The van der Waals surface area contributed by atoms with Gasteiger partial charge in [0.2, 0.25) is 0 Å². The molecule has 1 aliphatic heterocycles. The maximum absolute atomic E-state index is 3.81. The molecule has 0 amide bonds. The van der Waals surface area contributed by atoms with Gasteiger partial charge in [0.15, 0.2) is 0 Å². The molecule has 48 valence electrons. The zero-order chi connectivity index (χ0) is 5.82. The van der Waals surface area contributed by atoms with Crippen LogP contribution in [0.1, 0.15) is 19.3 Å². The van der Waals surface area contributed by atoms with Crippen LogP contribution >= 0.6 is 0 Å². The summed E-state index contributed by atoms with van der Waals surface area (Å²) in [7, 11) is 0. The maximum Gasteiger partial charge on any atom is 3.00 e. The average Bonchev–Trinajstić information content (AvgIpc) is 2.19. The third-order valence-electron chi connectivity index (χ3n) is 1.67. The van der Waals surface area contributed by atoms with E-state index in [-0.39, 0.29) is 32.7 Å². The minimum atomic E-state index is 0. The molecule has 0 aromatic carbocycles. The van der Waals surface area contributed by atoms with Crippen molar-refractivity contribution < 1.29 is 32.7 Å². The number of rotatable bonds is 2. The monoisotopic (exact) mass is 201 g/mol. The van der Waals surface area contributed by atoms with Crippen molar-refractivity contribution in [2.24, 2.45) is 0 Å². The molecule has 1 fully saturated rings. The Balaban J connectivity index is 0.000000640. The molecule has 0 atom stereocenters. The molecule has 0 bridgehead atoms. The smallest absolute Gasteiger partial charge is 0.342 e. The summed E-state index contributed by atoms with van der Waals surface area (Å²) in [6, 6.07) is 0. The van der Waals surface area contributed by atoms with E-state index in [1.54, 1.807) is 0 Å². The molecule has 0 saturated carbocycles. The fraction of sp³-hybridized carbons (Fsp3) is 0.857. The van der Waals surface area contributed by atoms with Crippen molar-refractivity contribution in [3.05, 3.63) is 6.92 Å². The van der Waals surface area contributed by atoms with Gasteiger partial charge in [-0.05, 0) is 32.5 Å². The third kappa shape index (κ3) is 3.69. The van der Waals surface area contributed by atoms with Gasteiger partial charge in [0.25, 0.3) is 0 Å². The van der Waals surface area contributed by atoms with Crippen LogP contribution in [-0.2, 0) is 32.7 Å². The Kier molecular flexibility index (Phi) is 6.51. The molecule has 0 radical (unpaired) electrons. The van der Waals surface area contributed by atoms with Crippen molar-refractivity contribution >= 4 is 0 Å². The van der Waals surface area contributed by atoms with E-state index in [4.69, 9.17) is 0 Å². The van der Waals surface area contributed by atoms with Gasteiger partial charge in [-0.1, -0.05) is 0 Å². The average molecular weight is 201 g/mol. The fourth-order valence-corrected chi connectivity index (χ4v) is 1.23. The van der Waals surface area contributed by atoms with E-state index < -0.39 is 0 Å². The Labute approximate surface area is 83.1 Å². The van der Waals surface area contributed by atoms with E-state index in [0.29, 0.717) is 0 Å². The molecule has 0 aromatic rings. The van der Waals surface area contributed by atoms with Crippen molar-refractivity contribution in [2.45, 2.75) is 19.3 Å². The first-order chi connectivity index (χ1) is 3.93. The Bertz CT molecular complexity index is 59.9. The van der Waals surface area contributed by atoms with Crippen LogP contribution in [0.4, 0.5) is 0 Å². The molecule has 1 rings (SSSR count). The summed E-state index contributed by atoms with van der Waals surface area (Å²) >= 11 is 0. The molecule has 1 aliphatic rings. The Morgan fingerprint density at radius 2 is 1.78 bits per heavy atom. The molecule has 2 heteroatoms. The van der Waals surface area contributed by atoms with E-state index in [9.17, 15) is 0 Å². The number of hydrogen-bond donors (Lipinski definition) is 0. The first-order valence-corrected chi connectivity index (χ1v) is 3.45. The second-order valence-corrected chi connectivity index (χ2v) is 2.40. The van der Waals surface area contributed by atoms with Crippen LogP contribution in [-0.4, -0.2) is 24.5 Å². The third-order valence-corrected chi connectivity index (χ3v) is 1.67. The Morgan fingerprint density at radius 3 is 2.22 bits per heavy atom. The van der Waals surface area contributed by atoms with E-state index in [1.165, 1.54) is 32.5 Å². The van der Waals surface area contributed by atoms with Crippen LogP contribution in [0.3, 0.4) is 0 Å².